The molecule has 7 heteroatoms. The highest BCUT2D eigenvalue weighted by Gasteiger charge is 2.35. The van der Waals surface area contributed by atoms with Crippen molar-refractivity contribution in [2.24, 2.45) is 5.73 Å². The third-order valence-corrected chi connectivity index (χ3v) is 4.32. The van der Waals surface area contributed by atoms with Crippen LogP contribution in [0.2, 0.25) is 0 Å². The zero-order chi connectivity index (χ0) is 15.5. The SMILES string of the molecule is CCCC(C)(N)C(=O)N1CCCC(c2nncn2CC)C1.Cl. The minimum absolute atomic E-state index is 0. The average Bonchev–Trinajstić information content (AvgIpc) is 2.95. The zero-order valence-corrected chi connectivity index (χ0v) is 14.6. The van der Waals surface area contributed by atoms with E-state index in [9.17, 15) is 4.79 Å². The van der Waals surface area contributed by atoms with Crippen LogP contribution in [0.5, 0.6) is 0 Å². The van der Waals surface area contributed by atoms with Crippen molar-refractivity contribution in [1.82, 2.24) is 19.7 Å². The number of amides is 1. The number of likely N-dealkylation sites (tertiary alicyclic amines) is 1. The second kappa shape index (κ2) is 7.92. The number of hydrogen-bond acceptors (Lipinski definition) is 4. The summed E-state index contributed by atoms with van der Waals surface area (Å²) in [6, 6.07) is 0. The van der Waals surface area contributed by atoms with Crippen LogP contribution in [-0.4, -0.2) is 44.2 Å². The normalized spacial score (nSPS) is 21.1. The minimum atomic E-state index is -0.755. The van der Waals surface area contributed by atoms with Crippen molar-refractivity contribution < 1.29 is 4.79 Å². The molecule has 2 heterocycles. The summed E-state index contributed by atoms with van der Waals surface area (Å²) in [6.07, 6.45) is 5.45. The Morgan fingerprint density at radius 2 is 2.23 bits per heavy atom. The maximum atomic E-state index is 12.6. The molecule has 0 spiro atoms. The lowest BCUT2D eigenvalue weighted by atomic mass is 9.91. The largest absolute Gasteiger partial charge is 0.340 e. The van der Waals surface area contributed by atoms with Crippen molar-refractivity contribution in [3.05, 3.63) is 12.2 Å². The molecule has 22 heavy (non-hydrogen) atoms. The van der Waals surface area contributed by atoms with Crippen LogP contribution in [0.3, 0.4) is 0 Å². The number of hydrogen-bond donors (Lipinski definition) is 1. The van der Waals surface area contributed by atoms with Crippen LogP contribution in [0.4, 0.5) is 0 Å². The van der Waals surface area contributed by atoms with Crippen molar-refractivity contribution in [2.45, 2.75) is 64.5 Å². The third-order valence-electron chi connectivity index (χ3n) is 4.32. The van der Waals surface area contributed by atoms with E-state index in [-0.39, 0.29) is 24.2 Å². The first kappa shape index (κ1) is 18.9. The summed E-state index contributed by atoms with van der Waals surface area (Å²) in [5, 5.41) is 8.25. The van der Waals surface area contributed by atoms with E-state index >= 15 is 0 Å². The molecule has 1 saturated heterocycles. The van der Waals surface area contributed by atoms with Gasteiger partial charge in [0.1, 0.15) is 12.2 Å². The van der Waals surface area contributed by atoms with E-state index in [2.05, 4.69) is 28.6 Å². The molecule has 0 saturated carbocycles. The third kappa shape index (κ3) is 3.98. The molecule has 1 fully saturated rings. The Morgan fingerprint density at radius 1 is 1.50 bits per heavy atom. The molecule has 2 unspecified atom stereocenters. The molecule has 2 N–H and O–H groups in total. The summed E-state index contributed by atoms with van der Waals surface area (Å²) in [4.78, 5) is 14.6. The van der Waals surface area contributed by atoms with Gasteiger partial charge in [0.05, 0.1) is 5.54 Å². The predicted octanol–water partition coefficient (Wildman–Crippen LogP) is 1.94. The number of nitrogens with two attached hydrogens (primary N) is 1. The topological polar surface area (TPSA) is 77.0 Å². The maximum absolute atomic E-state index is 12.6. The first-order chi connectivity index (χ1) is 9.99. The van der Waals surface area contributed by atoms with Gasteiger partial charge in [-0.25, -0.2) is 0 Å². The van der Waals surface area contributed by atoms with Gasteiger partial charge in [-0.3, -0.25) is 4.79 Å². The van der Waals surface area contributed by atoms with Crippen LogP contribution in [0.15, 0.2) is 6.33 Å². The highest BCUT2D eigenvalue weighted by molar-refractivity contribution is 5.86. The van der Waals surface area contributed by atoms with E-state index in [4.69, 9.17) is 5.73 Å². The standard InChI is InChI=1S/C15H27N5O.ClH/c1-4-8-15(3,16)14(21)20-9-6-7-12(10-20)13-18-17-11-19(13)5-2;/h11-12H,4-10,16H2,1-3H3;1H. The number of halogens is 1. The molecular formula is C15H28ClN5O. The van der Waals surface area contributed by atoms with E-state index in [0.717, 1.165) is 44.6 Å². The lowest BCUT2D eigenvalue weighted by molar-refractivity contribution is -0.138. The van der Waals surface area contributed by atoms with E-state index < -0.39 is 5.54 Å². The fourth-order valence-electron chi connectivity index (χ4n) is 3.18. The van der Waals surface area contributed by atoms with Gasteiger partial charge >= 0.3 is 0 Å². The van der Waals surface area contributed by atoms with Crippen LogP contribution >= 0.6 is 12.4 Å². The fourth-order valence-corrected chi connectivity index (χ4v) is 3.18. The predicted molar refractivity (Wildman–Crippen MR) is 89.0 cm³/mol. The molecule has 0 bridgehead atoms. The number of rotatable bonds is 5. The molecule has 1 amide bonds. The van der Waals surface area contributed by atoms with Crippen LogP contribution in [-0.2, 0) is 11.3 Å². The fraction of sp³-hybridized carbons (Fsp3) is 0.800. The molecule has 126 valence electrons. The van der Waals surface area contributed by atoms with Gasteiger partial charge in [0, 0.05) is 25.6 Å². The molecule has 2 rings (SSSR count). The van der Waals surface area contributed by atoms with Gasteiger partial charge in [-0.05, 0) is 33.1 Å². The Labute approximate surface area is 138 Å². The summed E-state index contributed by atoms with van der Waals surface area (Å²) in [5.74, 6) is 1.32. The first-order valence-electron chi connectivity index (χ1n) is 7.95. The molecule has 6 nitrogen and oxygen atoms in total. The highest BCUT2D eigenvalue weighted by atomic mass is 35.5. The Morgan fingerprint density at radius 3 is 2.86 bits per heavy atom. The van der Waals surface area contributed by atoms with Crippen LogP contribution in [0, 0.1) is 0 Å². The van der Waals surface area contributed by atoms with Crippen molar-refractivity contribution in [1.29, 1.82) is 0 Å². The molecule has 2 atom stereocenters. The van der Waals surface area contributed by atoms with Crippen LogP contribution in [0.1, 0.15) is 58.2 Å². The monoisotopic (exact) mass is 329 g/mol. The van der Waals surface area contributed by atoms with Crippen molar-refractivity contribution in [3.8, 4) is 0 Å². The van der Waals surface area contributed by atoms with E-state index in [1.807, 2.05) is 11.8 Å². The number of aryl methyl sites for hydroxylation is 1. The summed E-state index contributed by atoms with van der Waals surface area (Å²) < 4.78 is 2.06. The average molecular weight is 330 g/mol. The zero-order valence-electron chi connectivity index (χ0n) is 13.8. The lowest BCUT2D eigenvalue weighted by Crippen LogP contribution is -2.55. The summed E-state index contributed by atoms with van der Waals surface area (Å²) >= 11 is 0. The minimum Gasteiger partial charge on any atom is -0.340 e. The molecular weight excluding hydrogens is 302 g/mol. The van der Waals surface area contributed by atoms with E-state index in [0.29, 0.717) is 6.54 Å². The molecule has 1 aromatic heterocycles. The second-order valence-corrected chi connectivity index (χ2v) is 6.23. The van der Waals surface area contributed by atoms with Crippen molar-refractivity contribution >= 4 is 18.3 Å². The number of nitrogens with zero attached hydrogens (tertiary/aromatic N) is 4. The van der Waals surface area contributed by atoms with Gasteiger partial charge in [-0.2, -0.15) is 0 Å². The summed E-state index contributed by atoms with van der Waals surface area (Å²) in [5.41, 5.74) is 5.44. The Bertz CT molecular complexity index is 488. The quantitative estimate of drug-likeness (QED) is 0.895. The molecule has 0 aliphatic carbocycles. The number of carbonyl (C=O) groups excluding carboxylic acids is 1. The van der Waals surface area contributed by atoms with Crippen molar-refractivity contribution in [3.63, 3.8) is 0 Å². The molecule has 1 aliphatic rings. The first-order valence-corrected chi connectivity index (χ1v) is 7.95. The van der Waals surface area contributed by atoms with Gasteiger partial charge in [0.2, 0.25) is 5.91 Å². The van der Waals surface area contributed by atoms with Gasteiger partial charge in [0.15, 0.2) is 0 Å². The van der Waals surface area contributed by atoms with Gasteiger partial charge < -0.3 is 15.2 Å². The summed E-state index contributed by atoms with van der Waals surface area (Å²) in [6.45, 7) is 8.34. The van der Waals surface area contributed by atoms with Crippen molar-refractivity contribution in [2.75, 3.05) is 13.1 Å². The number of piperidine rings is 1. The molecule has 1 aromatic rings. The Kier molecular flexibility index (Phi) is 6.81. The lowest BCUT2D eigenvalue weighted by Gasteiger charge is -2.37. The maximum Gasteiger partial charge on any atom is 0.242 e. The number of aromatic nitrogens is 3. The van der Waals surface area contributed by atoms with Crippen LogP contribution < -0.4 is 5.73 Å². The van der Waals surface area contributed by atoms with Crippen LogP contribution in [0.25, 0.3) is 0 Å². The highest BCUT2D eigenvalue weighted by Crippen LogP contribution is 2.27. The summed E-state index contributed by atoms with van der Waals surface area (Å²) in [7, 11) is 0. The van der Waals surface area contributed by atoms with Gasteiger partial charge in [-0.1, -0.05) is 13.3 Å². The number of carbonyl (C=O) groups is 1. The molecule has 0 radical (unpaired) electrons. The Hall–Kier alpha value is -1.14. The smallest absolute Gasteiger partial charge is 0.242 e. The van der Waals surface area contributed by atoms with Gasteiger partial charge in [-0.15, -0.1) is 22.6 Å². The van der Waals surface area contributed by atoms with E-state index in [1.165, 1.54) is 0 Å². The second-order valence-electron chi connectivity index (χ2n) is 6.23. The Balaban J connectivity index is 0.00000242. The molecule has 1 aliphatic heterocycles. The van der Waals surface area contributed by atoms with Gasteiger partial charge in [0.25, 0.3) is 0 Å². The van der Waals surface area contributed by atoms with E-state index in [1.54, 1.807) is 6.33 Å². The molecule has 0 aromatic carbocycles.